The molecule has 0 saturated heterocycles. The molecule has 0 radical (unpaired) electrons. The molecule has 3 N–H and O–H groups in total. The topological polar surface area (TPSA) is 107 Å². The first kappa shape index (κ1) is 15.1. The maximum absolute atomic E-state index is 11.8. The van der Waals surface area contributed by atoms with Crippen LogP contribution in [0.1, 0.15) is 34.3 Å². The van der Waals surface area contributed by atoms with Crippen molar-refractivity contribution in [2.24, 2.45) is 0 Å². The molecule has 0 bridgehead atoms. The number of fused-ring (bicyclic) bond motifs is 1. The molecule has 7 heteroatoms. The summed E-state index contributed by atoms with van der Waals surface area (Å²) in [4.78, 5) is 33.8. The molecule has 1 unspecified atom stereocenters. The number of carboxylic acids is 2. The maximum atomic E-state index is 11.8. The van der Waals surface area contributed by atoms with Gasteiger partial charge in [0.05, 0.1) is 11.6 Å². The van der Waals surface area contributed by atoms with Crippen LogP contribution < -0.4 is 5.43 Å². The lowest BCUT2D eigenvalue weighted by Crippen LogP contribution is -2.49. The number of aliphatic carboxylic acids is 1. The Labute approximate surface area is 121 Å². The van der Waals surface area contributed by atoms with Crippen LogP contribution in [0.15, 0.2) is 18.2 Å². The molecule has 0 amide bonds. The lowest BCUT2D eigenvalue weighted by atomic mass is 9.87. The Balaban J connectivity index is 2.46. The zero-order chi connectivity index (χ0) is 15.7. The number of benzene rings is 1. The number of hydrazine groups is 1. The largest absolute Gasteiger partial charge is 0.478 e. The van der Waals surface area contributed by atoms with Gasteiger partial charge in [-0.2, -0.15) is 0 Å². The quantitative estimate of drug-likeness (QED) is 0.695. The second kappa shape index (κ2) is 5.63. The normalized spacial score (nSPS) is 22.2. The molecule has 2 atom stereocenters. The van der Waals surface area contributed by atoms with Crippen LogP contribution in [0.4, 0.5) is 0 Å². The number of nitrogens with one attached hydrogen (secondary N) is 1. The summed E-state index contributed by atoms with van der Waals surface area (Å²) in [5, 5.41) is 19.5. The first-order valence-corrected chi connectivity index (χ1v) is 6.41. The molecule has 0 aromatic heterocycles. The van der Waals surface area contributed by atoms with Gasteiger partial charge in [0.1, 0.15) is 0 Å². The van der Waals surface area contributed by atoms with E-state index in [2.05, 4.69) is 5.43 Å². The molecule has 112 valence electrons. The van der Waals surface area contributed by atoms with Gasteiger partial charge in [-0.3, -0.25) is 4.79 Å². The maximum Gasteiger partial charge on any atom is 0.373 e. The monoisotopic (exact) mass is 292 g/mol. The average molecular weight is 292 g/mol. The van der Waals surface area contributed by atoms with Gasteiger partial charge in [0.2, 0.25) is 0 Å². The minimum Gasteiger partial charge on any atom is -0.478 e. The summed E-state index contributed by atoms with van der Waals surface area (Å²) in [5.41, 5.74) is 4.56. The van der Waals surface area contributed by atoms with Crippen molar-refractivity contribution in [2.45, 2.75) is 25.4 Å². The summed E-state index contributed by atoms with van der Waals surface area (Å²) in [6.07, 6.45) is 0. The average Bonchev–Trinajstić information content (AvgIpc) is 2.54. The van der Waals surface area contributed by atoms with E-state index >= 15 is 0 Å². The fourth-order valence-corrected chi connectivity index (χ4v) is 2.57. The number of ketones is 1. The van der Waals surface area contributed by atoms with E-state index in [4.69, 9.17) is 10.2 Å². The van der Waals surface area contributed by atoms with Crippen molar-refractivity contribution in [1.82, 2.24) is 10.4 Å². The number of carboxylic acid groups (broad SMARTS) is 2. The number of rotatable bonds is 3. The SMILES string of the molecule is CC1c2ccc(C(=O)O)cc2CN(C)N[C@H]1C(=O)C(=O)O. The standard InChI is InChI=1S/C14H16N2O5/c1-7-10-4-3-8(13(18)19)5-9(10)6-16(2)15-11(7)12(17)14(20)21/h3-5,7,11,15H,6H2,1-2H3,(H,18,19)(H,20,21)/t7?,11-/m1/s1. The van der Waals surface area contributed by atoms with Gasteiger partial charge in [-0.1, -0.05) is 13.0 Å². The molecule has 1 aromatic carbocycles. The lowest BCUT2D eigenvalue weighted by molar-refractivity contribution is -0.151. The summed E-state index contributed by atoms with van der Waals surface area (Å²) in [6.45, 7) is 2.13. The second-order valence-electron chi connectivity index (χ2n) is 5.14. The van der Waals surface area contributed by atoms with Crippen molar-refractivity contribution < 1.29 is 24.6 Å². The van der Waals surface area contributed by atoms with E-state index in [-0.39, 0.29) is 11.5 Å². The Morgan fingerprint density at radius 2 is 1.95 bits per heavy atom. The number of carbonyl (C=O) groups is 3. The van der Waals surface area contributed by atoms with Crippen molar-refractivity contribution in [3.8, 4) is 0 Å². The van der Waals surface area contributed by atoms with Gasteiger partial charge in [-0.05, 0) is 23.3 Å². The number of nitrogens with zero attached hydrogens (tertiary/aromatic N) is 1. The van der Waals surface area contributed by atoms with Crippen molar-refractivity contribution in [3.05, 3.63) is 34.9 Å². The van der Waals surface area contributed by atoms with Crippen LogP contribution in [-0.2, 0) is 16.1 Å². The van der Waals surface area contributed by atoms with E-state index in [1.807, 2.05) is 0 Å². The highest BCUT2D eigenvalue weighted by molar-refractivity contribution is 6.35. The molecule has 0 fully saturated rings. The molecule has 0 aliphatic carbocycles. The predicted molar refractivity (Wildman–Crippen MR) is 72.8 cm³/mol. The molecular formula is C14H16N2O5. The Morgan fingerprint density at radius 3 is 2.52 bits per heavy atom. The van der Waals surface area contributed by atoms with Crippen molar-refractivity contribution in [3.63, 3.8) is 0 Å². The Bertz CT molecular complexity index is 613. The molecule has 7 nitrogen and oxygen atoms in total. The molecule has 0 saturated carbocycles. The van der Waals surface area contributed by atoms with E-state index in [9.17, 15) is 14.4 Å². The highest BCUT2D eigenvalue weighted by atomic mass is 16.4. The van der Waals surface area contributed by atoms with Crippen LogP contribution in [0.3, 0.4) is 0 Å². The zero-order valence-electron chi connectivity index (χ0n) is 11.7. The van der Waals surface area contributed by atoms with E-state index in [0.29, 0.717) is 6.54 Å². The summed E-state index contributed by atoms with van der Waals surface area (Å²) >= 11 is 0. The number of carbonyl (C=O) groups excluding carboxylic acids is 1. The molecule has 1 aliphatic heterocycles. The van der Waals surface area contributed by atoms with Gasteiger partial charge in [0.15, 0.2) is 0 Å². The molecule has 1 heterocycles. The molecule has 21 heavy (non-hydrogen) atoms. The van der Waals surface area contributed by atoms with Gasteiger partial charge in [0, 0.05) is 19.5 Å². The molecule has 2 rings (SSSR count). The van der Waals surface area contributed by atoms with Gasteiger partial charge in [0.25, 0.3) is 5.78 Å². The predicted octanol–water partition coefficient (Wildman–Crippen LogP) is 0.461. The Morgan fingerprint density at radius 1 is 1.29 bits per heavy atom. The van der Waals surface area contributed by atoms with Crippen LogP contribution in [0.25, 0.3) is 0 Å². The second-order valence-corrected chi connectivity index (χ2v) is 5.14. The minimum absolute atomic E-state index is 0.164. The highest BCUT2D eigenvalue weighted by Crippen LogP contribution is 2.28. The van der Waals surface area contributed by atoms with Crippen molar-refractivity contribution >= 4 is 17.7 Å². The Hall–Kier alpha value is -2.25. The number of aromatic carboxylic acids is 1. The third kappa shape index (κ3) is 2.93. The number of Topliss-reactive ketones (excluding diaryl/α,β-unsaturated/α-hetero) is 1. The molecular weight excluding hydrogens is 276 g/mol. The van der Waals surface area contributed by atoms with Crippen LogP contribution in [-0.4, -0.2) is 46.0 Å². The van der Waals surface area contributed by atoms with Crippen molar-refractivity contribution in [2.75, 3.05) is 7.05 Å². The first-order chi connectivity index (χ1) is 9.81. The van der Waals surface area contributed by atoms with Gasteiger partial charge >= 0.3 is 11.9 Å². The summed E-state index contributed by atoms with van der Waals surface area (Å²) in [7, 11) is 1.68. The van der Waals surface area contributed by atoms with Crippen molar-refractivity contribution in [1.29, 1.82) is 0 Å². The summed E-state index contributed by atoms with van der Waals surface area (Å²) in [5.74, 6) is -3.80. The van der Waals surface area contributed by atoms with Crippen LogP contribution >= 0.6 is 0 Å². The Kier molecular flexibility index (Phi) is 4.06. The molecule has 1 aliphatic rings. The van der Waals surface area contributed by atoms with Crippen LogP contribution in [0.2, 0.25) is 0 Å². The van der Waals surface area contributed by atoms with Gasteiger partial charge in [-0.15, -0.1) is 0 Å². The van der Waals surface area contributed by atoms with Crippen LogP contribution in [0.5, 0.6) is 0 Å². The minimum atomic E-state index is -1.49. The van der Waals surface area contributed by atoms with Crippen LogP contribution in [0, 0.1) is 0 Å². The third-order valence-electron chi connectivity index (χ3n) is 3.64. The lowest BCUT2D eigenvalue weighted by Gasteiger charge is -2.23. The van der Waals surface area contributed by atoms with Gasteiger partial charge in [-0.25, -0.2) is 20.0 Å². The van der Waals surface area contributed by atoms with E-state index < -0.39 is 23.8 Å². The van der Waals surface area contributed by atoms with Gasteiger partial charge < -0.3 is 10.2 Å². The molecule has 1 aromatic rings. The third-order valence-corrected chi connectivity index (χ3v) is 3.64. The first-order valence-electron chi connectivity index (χ1n) is 6.41. The summed E-state index contributed by atoms with van der Waals surface area (Å²) < 4.78 is 0. The number of hydrogen-bond acceptors (Lipinski definition) is 5. The van der Waals surface area contributed by atoms with E-state index in [1.165, 1.54) is 6.07 Å². The fraction of sp³-hybridized carbons (Fsp3) is 0.357. The smallest absolute Gasteiger partial charge is 0.373 e. The zero-order valence-corrected chi connectivity index (χ0v) is 11.7. The van der Waals surface area contributed by atoms with E-state index in [1.54, 1.807) is 31.1 Å². The van der Waals surface area contributed by atoms with E-state index in [0.717, 1.165) is 11.1 Å². The summed E-state index contributed by atoms with van der Waals surface area (Å²) in [6, 6.07) is 3.78. The highest BCUT2D eigenvalue weighted by Gasteiger charge is 2.35. The number of hydrogen-bond donors (Lipinski definition) is 3. The molecule has 0 spiro atoms. The fourth-order valence-electron chi connectivity index (χ4n) is 2.57.